The lowest BCUT2D eigenvalue weighted by Crippen LogP contribution is -2.26. The number of benzene rings is 2. The Morgan fingerprint density at radius 2 is 1.81 bits per heavy atom. The highest BCUT2D eigenvalue weighted by Crippen LogP contribution is 2.13. The molecular formula is C20H16FN5O. The molecule has 0 saturated heterocycles. The molecule has 1 amide bonds. The van der Waals surface area contributed by atoms with E-state index in [-0.39, 0.29) is 23.4 Å². The predicted octanol–water partition coefficient (Wildman–Crippen LogP) is 3.20. The summed E-state index contributed by atoms with van der Waals surface area (Å²) in [6.07, 6.45) is 2.08. The number of aromatic nitrogens is 2. The van der Waals surface area contributed by atoms with Gasteiger partial charge in [-0.1, -0.05) is 12.1 Å². The van der Waals surface area contributed by atoms with Crippen LogP contribution in [0.4, 0.5) is 16.0 Å². The Labute approximate surface area is 155 Å². The summed E-state index contributed by atoms with van der Waals surface area (Å²) in [5, 5.41) is 14.6. The Bertz CT molecular complexity index is 965. The summed E-state index contributed by atoms with van der Waals surface area (Å²) in [5.41, 5.74) is 2.43. The normalized spacial score (nSPS) is 10.1. The third-order valence-electron chi connectivity index (χ3n) is 3.77. The van der Waals surface area contributed by atoms with Gasteiger partial charge >= 0.3 is 0 Å². The molecule has 0 aliphatic rings. The fraction of sp³-hybridized carbons (Fsp3) is 0.100. The van der Waals surface area contributed by atoms with Gasteiger partial charge in [-0.3, -0.25) is 4.79 Å². The van der Waals surface area contributed by atoms with Crippen molar-refractivity contribution in [2.45, 2.75) is 6.42 Å². The summed E-state index contributed by atoms with van der Waals surface area (Å²) in [7, 11) is 0. The Morgan fingerprint density at radius 3 is 2.52 bits per heavy atom. The molecule has 0 saturated carbocycles. The molecule has 1 heterocycles. The largest absolute Gasteiger partial charge is 0.350 e. The minimum atomic E-state index is -0.317. The highest BCUT2D eigenvalue weighted by molar-refractivity contribution is 5.92. The topological polar surface area (TPSA) is 90.7 Å². The van der Waals surface area contributed by atoms with Crippen LogP contribution in [0.1, 0.15) is 21.6 Å². The minimum Gasteiger partial charge on any atom is -0.350 e. The molecule has 3 rings (SSSR count). The molecule has 3 aromatic rings. The van der Waals surface area contributed by atoms with E-state index >= 15 is 0 Å². The number of anilines is 2. The fourth-order valence-corrected chi connectivity index (χ4v) is 2.36. The highest BCUT2D eigenvalue weighted by atomic mass is 19.1. The van der Waals surface area contributed by atoms with Gasteiger partial charge in [0.05, 0.1) is 11.6 Å². The maximum absolute atomic E-state index is 12.9. The van der Waals surface area contributed by atoms with Crippen molar-refractivity contribution >= 4 is 17.5 Å². The van der Waals surface area contributed by atoms with Crippen molar-refractivity contribution in [3.05, 3.63) is 83.4 Å². The second-order valence-corrected chi connectivity index (χ2v) is 5.71. The first kappa shape index (κ1) is 18.0. The van der Waals surface area contributed by atoms with E-state index in [1.54, 1.807) is 36.4 Å². The van der Waals surface area contributed by atoms with E-state index < -0.39 is 0 Å². The summed E-state index contributed by atoms with van der Waals surface area (Å²) in [5.74, 6) is -0.320. The fourth-order valence-electron chi connectivity index (χ4n) is 2.36. The van der Waals surface area contributed by atoms with Gasteiger partial charge in [-0.25, -0.2) is 14.4 Å². The molecule has 134 valence electrons. The van der Waals surface area contributed by atoms with Gasteiger partial charge in [-0.2, -0.15) is 5.26 Å². The van der Waals surface area contributed by atoms with E-state index in [1.165, 1.54) is 24.4 Å². The van der Waals surface area contributed by atoms with Crippen molar-refractivity contribution < 1.29 is 9.18 Å². The van der Waals surface area contributed by atoms with E-state index in [9.17, 15) is 9.18 Å². The van der Waals surface area contributed by atoms with Crippen molar-refractivity contribution in [3.63, 3.8) is 0 Å². The van der Waals surface area contributed by atoms with E-state index in [0.29, 0.717) is 24.2 Å². The molecule has 1 aromatic heterocycles. The summed E-state index contributed by atoms with van der Waals surface area (Å²) in [6.45, 7) is 0.410. The van der Waals surface area contributed by atoms with Crippen LogP contribution < -0.4 is 10.6 Å². The molecule has 0 aliphatic heterocycles. The first-order valence-corrected chi connectivity index (χ1v) is 8.27. The number of amides is 1. The first-order chi connectivity index (χ1) is 13.1. The van der Waals surface area contributed by atoms with Gasteiger partial charge in [0.25, 0.3) is 5.91 Å². The minimum absolute atomic E-state index is 0.236. The molecule has 0 bridgehead atoms. The molecule has 7 heteroatoms. The van der Waals surface area contributed by atoms with Gasteiger partial charge in [0, 0.05) is 18.4 Å². The molecule has 0 radical (unpaired) electrons. The van der Waals surface area contributed by atoms with Crippen molar-refractivity contribution in [2.24, 2.45) is 0 Å². The van der Waals surface area contributed by atoms with Crippen molar-refractivity contribution in [3.8, 4) is 6.07 Å². The average Bonchev–Trinajstić information content (AvgIpc) is 2.70. The zero-order valence-electron chi connectivity index (χ0n) is 14.3. The quantitative estimate of drug-likeness (QED) is 0.704. The van der Waals surface area contributed by atoms with Gasteiger partial charge in [0.2, 0.25) is 5.95 Å². The second kappa shape index (κ2) is 8.54. The number of nitrogens with zero attached hydrogens (tertiary/aromatic N) is 3. The number of carbonyl (C=O) groups excluding carboxylic acids is 1. The first-order valence-electron chi connectivity index (χ1n) is 8.27. The van der Waals surface area contributed by atoms with E-state index in [0.717, 1.165) is 5.56 Å². The molecule has 0 spiro atoms. The summed E-state index contributed by atoms with van der Waals surface area (Å²) < 4.78 is 12.9. The Hall–Kier alpha value is -3.79. The van der Waals surface area contributed by atoms with E-state index in [4.69, 9.17) is 5.26 Å². The highest BCUT2D eigenvalue weighted by Gasteiger charge is 2.09. The second-order valence-electron chi connectivity index (χ2n) is 5.71. The number of carbonyl (C=O) groups is 1. The van der Waals surface area contributed by atoms with Crippen molar-refractivity contribution in [2.75, 3.05) is 11.9 Å². The van der Waals surface area contributed by atoms with Gasteiger partial charge < -0.3 is 10.6 Å². The van der Waals surface area contributed by atoms with Crippen molar-refractivity contribution in [1.82, 2.24) is 15.3 Å². The van der Waals surface area contributed by atoms with Crippen LogP contribution >= 0.6 is 0 Å². The smallest absolute Gasteiger partial charge is 0.270 e. The molecule has 2 N–H and O–H groups in total. The van der Waals surface area contributed by atoms with Gasteiger partial charge in [-0.15, -0.1) is 0 Å². The van der Waals surface area contributed by atoms with Gasteiger partial charge in [0.15, 0.2) is 0 Å². The zero-order chi connectivity index (χ0) is 19.1. The molecular weight excluding hydrogens is 345 g/mol. The molecule has 0 aliphatic carbocycles. The van der Waals surface area contributed by atoms with Crippen LogP contribution in [0.2, 0.25) is 0 Å². The predicted molar refractivity (Wildman–Crippen MR) is 98.9 cm³/mol. The molecule has 0 atom stereocenters. The molecule has 0 fully saturated rings. The molecule has 0 unspecified atom stereocenters. The lowest BCUT2D eigenvalue weighted by molar-refractivity contribution is 0.0949. The SMILES string of the molecule is N#Cc1ccc(Nc2nccc(C(=O)NCCc3ccc(F)cc3)n2)cc1. The standard InChI is InChI=1S/C20H16FN5O/c21-16-5-1-14(2-6-16)9-11-23-19(27)18-10-12-24-20(26-18)25-17-7-3-15(13-22)4-8-17/h1-8,10,12H,9,11H2,(H,23,27)(H,24,25,26). The average molecular weight is 361 g/mol. The summed E-state index contributed by atoms with van der Waals surface area (Å²) >= 11 is 0. The zero-order valence-corrected chi connectivity index (χ0v) is 14.3. The van der Waals surface area contributed by atoms with Crippen LogP contribution in [0.25, 0.3) is 0 Å². The maximum Gasteiger partial charge on any atom is 0.270 e. The van der Waals surface area contributed by atoms with Crippen LogP contribution in [-0.4, -0.2) is 22.4 Å². The molecule has 2 aromatic carbocycles. The Kier molecular flexibility index (Phi) is 5.70. The monoisotopic (exact) mass is 361 g/mol. The number of rotatable bonds is 6. The molecule has 6 nitrogen and oxygen atoms in total. The number of halogens is 1. The number of hydrogen-bond donors (Lipinski definition) is 2. The number of hydrogen-bond acceptors (Lipinski definition) is 5. The van der Waals surface area contributed by atoms with Gasteiger partial charge in [-0.05, 0) is 54.4 Å². The Morgan fingerprint density at radius 1 is 1.07 bits per heavy atom. The third kappa shape index (κ3) is 5.09. The third-order valence-corrected chi connectivity index (χ3v) is 3.77. The number of nitrogens with one attached hydrogen (secondary N) is 2. The number of nitriles is 1. The van der Waals surface area contributed by atoms with E-state index in [2.05, 4.69) is 20.6 Å². The van der Waals surface area contributed by atoms with Crippen LogP contribution in [0.5, 0.6) is 0 Å². The van der Waals surface area contributed by atoms with Gasteiger partial charge in [0.1, 0.15) is 11.5 Å². The van der Waals surface area contributed by atoms with Crippen LogP contribution in [0, 0.1) is 17.1 Å². The maximum atomic E-state index is 12.9. The van der Waals surface area contributed by atoms with Crippen LogP contribution in [-0.2, 0) is 6.42 Å². The van der Waals surface area contributed by atoms with Crippen molar-refractivity contribution in [1.29, 1.82) is 5.26 Å². The Balaban J connectivity index is 1.57. The van der Waals surface area contributed by atoms with Crippen LogP contribution in [0.15, 0.2) is 60.8 Å². The summed E-state index contributed by atoms with van der Waals surface area (Å²) in [6, 6.07) is 16.5. The van der Waals surface area contributed by atoms with E-state index in [1.807, 2.05) is 6.07 Å². The van der Waals surface area contributed by atoms with Crippen LogP contribution in [0.3, 0.4) is 0 Å². The lowest BCUT2D eigenvalue weighted by atomic mass is 10.1. The molecule has 27 heavy (non-hydrogen) atoms. The summed E-state index contributed by atoms with van der Waals surface area (Å²) in [4.78, 5) is 20.5. The lowest BCUT2D eigenvalue weighted by Gasteiger charge is -2.08.